The molecule has 0 saturated carbocycles. The predicted octanol–water partition coefficient (Wildman–Crippen LogP) is 2.77. The number of hydrogen-bond acceptors (Lipinski definition) is 3. The van der Waals surface area contributed by atoms with E-state index in [9.17, 15) is 4.79 Å². The Balaban J connectivity index is 1.83. The zero-order valence-electron chi connectivity index (χ0n) is 9.00. The Bertz CT molecular complexity index is 471. The molecule has 4 heteroatoms. The number of carbonyl (C=O) groups excluding carboxylic acids is 1. The van der Waals surface area contributed by atoms with Gasteiger partial charge >= 0.3 is 6.09 Å². The van der Waals surface area contributed by atoms with Crippen molar-refractivity contribution in [2.45, 2.75) is 0 Å². The molecule has 86 valence electrons. The SMILES string of the molecule is O=C(NOc1ccccc1)Oc1ccccc1. The smallest absolute Gasteiger partial charge is 0.408 e. The molecular weight excluding hydrogens is 218 g/mol. The van der Waals surface area contributed by atoms with Gasteiger partial charge in [0.2, 0.25) is 0 Å². The third kappa shape index (κ3) is 3.53. The summed E-state index contributed by atoms with van der Waals surface area (Å²) in [6.07, 6.45) is -0.667. The van der Waals surface area contributed by atoms with Gasteiger partial charge in [0, 0.05) is 0 Å². The molecule has 17 heavy (non-hydrogen) atoms. The summed E-state index contributed by atoms with van der Waals surface area (Å²) in [6.45, 7) is 0. The van der Waals surface area contributed by atoms with Crippen LogP contribution in [0, 0.1) is 0 Å². The minimum absolute atomic E-state index is 0.460. The molecule has 0 fully saturated rings. The Labute approximate surface area is 98.7 Å². The quantitative estimate of drug-likeness (QED) is 0.823. The summed E-state index contributed by atoms with van der Waals surface area (Å²) in [7, 11) is 0. The molecule has 0 aliphatic rings. The van der Waals surface area contributed by atoms with E-state index in [1.807, 2.05) is 12.1 Å². The first-order valence-electron chi connectivity index (χ1n) is 5.09. The van der Waals surface area contributed by atoms with Crippen molar-refractivity contribution in [1.82, 2.24) is 5.48 Å². The number of carbonyl (C=O) groups is 1. The topological polar surface area (TPSA) is 47.6 Å². The van der Waals surface area contributed by atoms with Gasteiger partial charge < -0.3 is 9.57 Å². The number of hydrogen-bond donors (Lipinski definition) is 1. The van der Waals surface area contributed by atoms with E-state index < -0.39 is 6.09 Å². The van der Waals surface area contributed by atoms with Crippen LogP contribution in [0.4, 0.5) is 4.79 Å². The fourth-order valence-corrected chi connectivity index (χ4v) is 1.21. The van der Waals surface area contributed by atoms with Crippen LogP contribution in [0.5, 0.6) is 11.5 Å². The monoisotopic (exact) mass is 229 g/mol. The normalized spacial score (nSPS) is 9.41. The van der Waals surface area contributed by atoms with Crippen molar-refractivity contribution in [3.8, 4) is 11.5 Å². The van der Waals surface area contributed by atoms with Crippen molar-refractivity contribution >= 4 is 6.09 Å². The lowest BCUT2D eigenvalue weighted by atomic mass is 10.3. The molecule has 0 heterocycles. The van der Waals surface area contributed by atoms with Crippen molar-refractivity contribution in [3.05, 3.63) is 60.7 Å². The molecule has 0 bridgehead atoms. The number of amides is 1. The average Bonchev–Trinajstić information content (AvgIpc) is 2.39. The van der Waals surface area contributed by atoms with Crippen LogP contribution in [-0.4, -0.2) is 6.09 Å². The van der Waals surface area contributed by atoms with E-state index in [1.165, 1.54) is 0 Å². The molecule has 2 rings (SSSR count). The summed E-state index contributed by atoms with van der Waals surface area (Å²) in [4.78, 5) is 16.3. The second kappa shape index (κ2) is 5.55. The number of para-hydroxylation sites is 2. The molecule has 0 radical (unpaired) electrons. The van der Waals surface area contributed by atoms with Crippen LogP contribution in [0.15, 0.2) is 60.7 Å². The first-order valence-corrected chi connectivity index (χ1v) is 5.09. The number of nitrogens with one attached hydrogen (secondary N) is 1. The Morgan fingerprint density at radius 2 is 1.35 bits per heavy atom. The van der Waals surface area contributed by atoms with Crippen molar-refractivity contribution < 1.29 is 14.4 Å². The largest absolute Gasteiger partial charge is 0.446 e. The minimum Gasteiger partial charge on any atom is -0.408 e. The van der Waals surface area contributed by atoms with E-state index in [1.54, 1.807) is 48.5 Å². The molecule has 2 aromatic carbocycles. The fourth-order valence-electron chi connectivity index (χ4n) is 1.21. The summed E-state index contributed by atoms with van der Waals surface area (Å²) in [6, 6.07) is 17.7. The Morgan fingerprint density at radius 1 is 0.824 bits per heavy atom. The van der Waals surface area contributed by atoms with Crippen molar-refractivity contribution in [2.75, 3.05) is 0 Å². The second-order valence-electron chi connectivity index (χ2n) is 3.22. The number of hydroxylamine groups is 1. The van der Waals surface area contributed by atoms with Crippen LogP contribution in [-0.2, 0) is 0 Å². The highest BCUT2D eigenvalue weighted by Gasteiger charge is 2.03. The molecule has 0 saturated heterocycles. The zero-order valence-corrected chi connectivity index (χ0v) is 9.00. The van der Waals surface area contributed by atoms with Gasteiger partial charge in [-0.1, -0.05) is 36.4 Å². The van der Waals surface area contributed by atoms with Gasteiger partial charge in [-0.05, 0) is 24.3 Å². The third-order valence-corrected chi connectivity index (χ3v) is 1.95. The summed E-state index contributed by atoms with van der Waals surface area (Å²) >= 11 is 0. The van der Waals surface area contributed by atoms with Crippen LogP contribution in [0.2, 0.25) is 0 Å². The molecule has 0 aliphatic heterocycles. The molecule has 4 nitrogen and oxygen atoms in total. The number of rotatable bonds is 3. The highest BCUT2D eigenvalue weighted by Crippen LogP contribution is 2.09. The highest BCUT2D eigenvalue weighted by atomic mass is 16.7. The van der Waals surface area contributed by atoms with Gasteiger partial charge in [-0.25, -0.2) is 4.79 Å². The van der Waals surface area contributed by atoms with Crippen LogP contribution < -0.4 is 15.1 Å². The standard InChI is InChI=1S/C13H11NO3/c15-13(16-11-7-3-1-4-8-11)14-17-12-9-5-2-6-10-12/h1-10H,(H,14,15). The zero-order chi connectivity index (χ0) is 11.9. The molecule has 0 atom stereocenters. The number of benzene rings is 2. The number of ether oxygens (including phenoxy) is 1. The molecular formula is C13H11NO3. The van der Waals surface area contributed by atoms with Crippen LogP contribution >= 0.6 is 0 Å². The Morgan fingerprint density at radius 3 is 1.94 bits per heavy atom. The minimum atomic E-state index is -0.667. The van der Waals surface area contributed by atoms with E-state index in [0.717, 1.165) is 0 Å². The van der Waals surface area contributed by atoms with Crippen molar-refractivity contribution in [3.63, 3.8) is 0 Å². The van der Waals surface area contributed by atoms with Crippen molar-refractivity contribution in [1.29, 1.82) is 0 Å². The van der Waals surface area contributed by atoms with Gasteiger partial charge in [0.25, 0.3) is 0 Å². The Kier molecular flexibility index (Phi) is 3.60. The van der Waals surface area contributed by atoms with Gasteiger partial charge in [-0.15, -0.1) is 0 Å². The molecule has 0 spiro atoms. The van der Waals surface area contributed by atoms with Crippen LogP contribution in [0.1, 0.15) is 0 Å². The predicted molar refractivity (Wildman–Crippen MR) is 62.7 cm³/mol. The molecule has 0 unspecified atom stereocenters. The summed E-state index contributed by atoms with van der Waals surface area (Å²) in [5.74, 6) is 0.999. The maximum Gasteiger partial charge on any atom is 0.446 e. The lowest BCUT2D eigenvalue weighted by molar-refractivity contribution is 0.141. The highest BCUT2D eigenvalue weighted by molar-refractivity contribution is 5.69. The van der Waals surface area contributed by atoms with Gasteiger partial charge in [-0.2, -0.15) is 5.48 Å². The average molecular weight is 229 g/mol. The van der Waals surface area contributed by atoms with Gasteiger partial charge in [-0.3, -0.25) is 0 Å². The first kappa shape index (κ1) is 11.0. The van der Waals surface area contributed by atoms with Gasteiger partial charge in [0.1, 0.15) is 5.75 Å². The van der Waals surface area contributed by atoms with E-state index in [2.05, 4.69) is 5.48 Å². The summed E-state index contributed by atoms with van der Waals surface area (Å²) < 4.78 is 4.96. The summed E-state index contributed by atoms with van der Waals surface area (Å²) in [5, 5.41) is 0. The summed E-state index contributed by atoms with van der Waals surface area (Å²) in [5.41, 5.74) is 2.19. The van der Waals surface area contributed by atoms with E-state index in [-0.39, 0.29) is 0 Å². The van der Waals surface area contributed by atoms with Gasteiger partial charge in [0.15, 0.2) is 5.75 Å². The van der Waals surface area contributed by atoms with E-state index >= 15 is 0 Å². The lowest BCUT2D eigenvalue weighted by Gasteiger charge is -2.07. The third-order valence-electron chi connectivity index (χ3n) is 1.95. The molecule has 1 amide bonds. The molecule has 1 N–H and O–H groups in total. The lowest BCUT2D eigenvalue weighted by Crippen LogP contribution is -2.29. The van der Waals surface area contributed by atoms with Crippen molar-refractivity contribution in [2.24, 2.45) is 0 Å². The van der Waals surface area contributed by atoms with Crippen LogP contribution in [0.3, 0.4) is 0 Å². The fraction of sp³-hybridized carbons (Fsp3) is 0. The molecule has 0 aliphatic carbocycles. The van der Waals surface area contributed by atoms with Crippen LogP contribution in [0.25, 0.3) is 0 Å². The second-order valence-corrected chi connectivity index (χ2v) is 3.22. The maximum absolute atomic E-state index is 11.3. The maximum atomic E-state index is 11.3. The Hall–Kier alpha value is -2.49. The van der Waals surface area contributed by atoms with E-state index in [0.29, 0.717) is 11.5 Å². The molecule has 0 aromatic heterocycles. The molecule has 2 aromatic rings. The first-order chi connectivity index (χ1) is 8.34. The van der Waals surface area contributed by atoms with E-state index in [4.69, 9.17) is 9.57 Å². The van der Waals surface area contributed by atoms with Gasteiger partial charge in [0.05, 0.1) is 0 Å².